The van der Waals surface area contributed by atoms with Gasteiger partial charge in [-0.3, -0.25) is 4.79 Å². The average Bonchev–Trinajstić information content (AvgIpc) is 2.60. The number of rotatable bonds is 5. The number of nitrogens with two attached hydrogens (primary N) is 1. The summed E-state index contributed by atoms with van der Waals surface area (Å²) in [5.41, 5.74) is 6.91. The summed E-state index contributed by atoms with van der Waals surface area (Å²) < 4.78 is 0. The number of pyridine rings is 1. The van der Waals surface area contributed by atoms with E-state index in [4.69, 9.17) is 11.0 Å². The van der Waals surface area contributed by atoms with Crippen molar-refractivity contribution >= 4 is 29.2 Å². The minimum atomic E-state index is -0.0974. The number of benzene rings is 1. The lowest BCUT2D eigenvalue weighted by Crippen LogP contribution is -2.38. The summed E-state index contributed by atoms with van der Waals surface area (Å²) in [4.78, 5) is 18.5. The van der Waals surface area contributed by atoms with Crippen LogP contribution in [0.15, 0.2) is 41.4 Å². The number of hydrogen-bond donors (Lipinski definition) is 1. The Bertz CT molecular complexity index is 852. The van der Waals surface area contributed by atoms with Gasteiger partial charge in [0.2, 0.25) is 5.91 Å². The van der Waals surface area contributed by atoms with E-state index < -0.39 is 0 Å². The number of hydrogen-bond acceptors (Lipinski definition) is 6. The second-order valence-electron chi connectivity index (χ2n) is 5.48. The average molecular weight is 351 g/mol. The molecule has 0 aliphatic heterocycles. The molecule has 0 unspecified atom stereocenters. The molecule has 2 N–H and O–H groups in total. The lowest BCUT2D eigenvalue weighted by molar-refractivity contribution is -0.116. The normalized spacial score (nSPS) is 10.1. The van der Waals surface area contributed by atoms with Gasteiger partial charge in [-0.1, -0.05) is 30.0 Å². The van der Waals surface area contributed by atoms with Crippen LogP contribution in [0.2, 0.25) is 0 Å². The number of nitriles is 2. The molecule has 0 radical (unpaired) electrons. The summed E-state index contributed by atoms with van der Waals surface area (Å²) in [5.74, 6) is 0.0696. The van der Waals surface area contributed by atoms with Crippen LogP contribution < -0.4 is 10.6 Å². The highest BCUT2D eigenvalue weighted by Crippen LogP contribution is 2.25. The van der Waals surface area contributed by atoms with E-state index in [-0.39, 0.29) is 34.6 Å². The third-order valence-electron chi connectivity index (χ3n) is 3.41. The van der Waals surface area contributed by atoms with E-state index in [1.807, 2.05) is 56.3 Å². The number of nitrogens with zero attached hydrogens (tertiary/aromatic N) is 4. The lowest BCUT2D eigenvalue weighted by atomic mass is 10.2. The Labute approximate surface area is 150 Å². The van der Waals surface area contributed by atoms with Crippen LogP contribution in [0.25, 0.3) is 0 Å². The largest absolute Gasteiger partial charge is 0.383 e. The highest BCUT2D eigenvalue weighted by Gasteiger charge is 2.20. The molecule has 0 saturated carbocycles. The van der Waals surface area contributed by atoms with Gasteiger partial charge in [0.1, 0.15) is 23.0 Å². The zero-order valence-corrected chi connectivity index (χ0v) is 14.7. The number of aromatic nitrogens is 1. The molecule has 1 amide bonds. The minimum Gasteiger partial charge on any atom is -0.383 e. The van der Waals surface area contributed by atoms with Gasteiger partial charge in [0, 0.05) is 11.7 Å². The summed E-state index contributed by atoms with van der Waals surface area (Å²) in [6.07, 6.45) is 0. The summed E-state index contributed by atoms with van der Waals surface area (Å²) in [5, 5.41) is 18.5. The van der Waals surface area contributed by atoms with Crippen LogP contribution in [0, 0.1) is 22.7 Å². The van der Waals surface area contributed by atoms with E-state index in [0.29, 0.717) is 5.03 Å². The maximum absolute atomic E-state index is 12.7. The van der Waals surface area contributed by atoms with E-state index in [2.05, 4.69) is 4.98 Å². The maximum atomic E-state index is 12.7. The number of para-hydroxylation sites is 1. The van der Waals surface area contributed by atoms with E-state index >= 15 is 0 Å². The van der Waals surface area contributed by atoms with Gasteiger partial charge < -0.3 is 10.6 Å². The number of carbonyl (C=O) groups excluding carboxylic acids is 1. The zero-order valence-electron chi connectivity index (χ0n) is 13.9. The van der Waals surface area contributed by atoms with Crippen LogP contribution in [0.5, 0.6) is 0 Å². The van der Waals surface area contributed by atoms with Crippen LogP contribution in [-0.4, -0.2) is 22.7 Å². The quantitative estimate of drug-likeness (QED) is 0.830. The molecule has 25 heavy (non-hydrogen) atoms. The second kappa shape index (κ2) is 8.18. The maximum Gasteiger partial charge on any atom is 0.237 e. The van der Waals surface area contributed by atoms with Crippen molar-refractivity contribution in [1.82, 2.24) is 4.98 Å². The first-order valence-corrected chi connectivity index (χ1v) is 8.57. The minimum absolute atomic E-state index is 0.00932. The van der Waals surface area contributed by atoms with Gasteiger partial charge in [-0.15, -0.1) is 0 Å². The molecule has 0 spiro atoms. The first-order chi connectivity index (χ1) is 12.0. The number of anilines is 2. The molecule has 0 fully saturated rings. The number of amides is 1. The van der Waals surface area contributed by atoms with Gasteiger partial charge >= 0.3 is 0 Å². The van der Waals surface area contributed by atoms with Crippen molar-refractivity contribution in [2.45, 2.75) is 24.9 Å². The Hall–Kier alpha value is -3.03. The number of nitrogen functional groups attached to an aromatic ring is 1. The van der Waals surface area contributed by atoms with Gasteiger partial charge in [0.05, 0.1) is 16.9 Å². The molecule has 0 saturated heterocycles. The van der Waals surface area contributed by atoms with Crippen molar-refractivity contribution in [2.75, 3.05) is 16.4 Å². The molecule has 1 heterocycles. The van der Waals surface area contributed by atoms with Gasteiger partial charge in [-0.25, -0.2) is 4.98 Å². The van der Waals surface area contributed by atoms with Gasteiger partial charge in [-0.05, 0) is 32.0 Å². The van der Waals surface area contributed by atoms with Crippen LogP contribution in [0.3, 0.4) is 0 Å². The third-order valence-corrected chi connectivity index (χ3v) is 4.39. The topological polar surface area (TPSA) is 107 Å². The summed E-state index contributed by atoms with van der Waals surface area (Å²) in [6, 6.07) is 14.7. The van der Waals surface area contributed by atoms with Crippen molar-refractivity contribution in [3.8, 4) is 12.1 Å². The molecule has 126 valence electrons. The predicted octanol–water partition coefficient (Wildman–Crippen LogP) is 2.94. The van der Waals surface area contributed by atoms with Gasteiger partial charge in [-0.2, -0.15) is 10.5 Å². The van der Waals surface area contributed by atoms with Crippen LogP contribution in [-0.2, 0) is 4.79 Å². The monoisotopic (exact) mass is 351 g/mol. The SMILES string of the molecule is CC(C)N(C(=O)CSc1nc(N)c(C#N)cc1C#N)c1ccccc1. The summed E-state index contributed by atoms with van der Waals surface area (Å²) in [6.45, 7) is 3.88. The Balaban J connectivity index is 2.20. The van der Waals surface area contributed by atoms with Crippen molar-refractivity contribution < 1.29 is 4.79 Å². The molecule has 2 rings (SSSR count). The molecule has 1 aromatic heterocycles. The first kappa shape index (κ1) is 18.3. The molecule has 6 nitrogen and oxygen atoms in total. The lowest BCUT2D eigenvalue weighted by Gasteiger charge is -2.26. The molecular formula is C18H17N5OS. The number of thioether (sulfide) groups is 1. The van der Waals surface area contributed by atoms with E-state index in [9.17, 15) is 10.1 Å². The van der Waals surface area contributed by atoms with Crippen molar-refractivity contribution in [3.05, 3.63) is 47.5 Å². The van der Waals surface area contributed by atoms with E-state index in [0.717, 1.165) is 17.4 Å². The molecular weight excluding hydrogens is 334 g/mol. The summed E-state index contributed by atoms with van der Waals surface area (Å²) >= 11 is 1.14. The molecule has 2 aromatic rings. The second-order valence-corrected chi connectivity index (χ2v) is 6.44. The third kappa shape index (κ3) is 4.28. The van der Waals surface area contributed by atoms with E-state index in [1.165, 1.54) is 6.07 Å². The van der Waals surface area contributed by atoms with Gasteiger partial charge in [0.15, 0.2) is 0 Å². The molecule has 0 aliphatic rings. The van der Waals surface area contributed by atoms with Crippen LogP contribution in [0.1, 0.15) is 25.0 Å². The fourth-order valence-electron chi connectivity index (χ4n) is 2.31. The molecule has 7 heteroatoms. The Morgan fingerprint density at radius 1 is 1.24 bits per heavy atom. The number of carbonyl (C=O) groups is 1. The fourth-order valence-corrected chi connectivity index (χ4v) is 3.13. The van der Waals surface area contributed by atoms with Crippen LogP contribution in [0.4, 0.5) is 11.5 Å². The molecule has 0 atom stereocenters. The standard InChI is InChI=1S/C18H17N5OS/c1-12(2)23(15-6-4-3-5-7-15)16(24)11-25-18-14(10-20)8-13(9-19)17(21)22-18/h3-8,12H,11H2,1-2H3,(H2,21,22). The van der Waals surface area contributed by atoms with Crippen molar-refractivity contribution in [2.24, 2.45) is 0 Å². The van der Waals surface area contributed by atoms with Crippen molar-refractivity contribution in [1.29, 1.82) is 10.5 Å². The Kier molecular flexibility index (Phi) is 5.99. The highest BCUT2D eigenvalue weighted by molar-refractivity contribution is 8.00. The van der Waals surface area contributed by atoms with Crippen molar-refractivity contribution in [3.63, 3.8) is 0 Å². The highest BCUT2D eigenvalue weighted by atomic mass is 32.2. The smallest absolute Gasteiger partial charge is 0.237 e. The van der Waals surface area contributed by atoms with Gasteiger partial charge in [0.25, 0.3) is 0 Å². The summed E-state index contributed by atoms with van der Waals surface area (Å²) in [7, 11) is 0. The Morgan fingerprint density at radius 2 is 1.88 bits per heavy atom. The molecule has 0 bridgehead atoms. The first-order valence-electron chi connectivity index (χ1n) is 7.58. The Morgan fingerprint density at radius 3 is 2.44 bits per heavy atom. The van der Waals surface area contributed by atoms with Crippen LogP contribution >= 0.6 is 11.8 Å². The molecule has 1 aromatic carbocycles. The zero-order chi connectivity index (χ0) is 18.4. The molecule has 0 aliphatic carbocycles. The predicted molar refractivity (Wildman–Crippen MR) is 97.9 cm³/mol. The van der Waals surface area contributed by atoms with E-state index in [1.54, 1.807) is 4.90 Å². The fraction of sp³-hybridized carbons (Fsp3) is 0.222.